The lowest BCUT2D eigenvalue weighted by atomic mass is 9.99. The first-order valence-corrected chi connectivity index (χ1v) is 7.00. The Morgan fingerprint density at radius 2 is 1.74 bits per heavy atom. The molecule has 0 N–H and O–H groups in total. The zero-order valence-corrected chi connectivity index (χ0v) is 12.5. The van der Waals surface area contributed by atoms with Gasteiger partial charge in [0.05, 0.1) is 6.10 Å². The largest absolute Gasteiger partial charge is 0.487 e. The molecule has 0 saturated heterocycles. The summed E-state index contributed by atoms with van der Waals surface area (Å²) in [6, 6.07) is 1.62. The zero-order valence-electron chi connectivity index (χ0n) is 12.5. The number of rotatable bonds is 6. The molecule has 2 atom stereocenters. The Morgan fingerprint density at radius 1 is 1.11 bits per heavy atom. The number of hydrogen-bond donors (Lipinski definition) is 0. The van der Waals surface area contributed by atoms with Crippen LogP contribution in [-0.4, -0.2) is 6.10 Å². The Kier molecular flexibility index (Phi) is 5.77. The fourth-order valence-corrected chi connectivity index (χ4v) is 2.11. The molecule has 19 heavy (non-hydrogen) atoms. The van der Waals surface area contributed by atoms with Crippen LogP contribution in [0.5, 0.6) is 5.75 Å². The van der Waals surface area contributed by atoms with E-state index >= 15 is 0 Å². The minimum absolute atomic E-state index is 0.0546. The smallest absolute Gasteiger partial charge is 0.201 e. The van der Waals surface area contributed by atoms with Crippen LogP contribution in [0.2, 0.25) is 0 Å². The van der Waals surface area contributed by atoms with Gasteiger partial charge < -0.3 is 4.74 Å². The molecule has 0 aliphatic carbocycles. The van der Waals surface area contributed by atoms with E-state index < -0.39 is 11.6 Å². The molecule has 1 rings (SSSR count). The molecule has 0 aliphatic rings. The standard InChI is InChI=1S/C16H24F2O/c1-6-7-8-10(2)13(5)19-16-12(4)9-11(3)14(17)15(16)18/h9-10,13H,6-8H2,1-5H3. The SMILES string of the molecule is CCCCC(C)C(C)Oc1c(C)cc(C)c(F)c1F. The number of unbranched alkanes of at least 4 members (excludes halogenated alkanes) is 1. The summed E-state index contributed by atoms with van der Waals surface area (Å²) in [5.74, 6) is -1.30. The fourth-order valence-electron chi connectivity index (χ4n) is 2.11. The Labute approximate surface area is 115 Å². The van der Waals surface area contributed by atoms with Gasteiger partial charge in [-0.3, -0.25) is 0 Å². The minimum Gasteiger partial charge on any atom is -0.487 e. The van der Waals surface area contributed by atoms with Crippen molar-refractivity contribution < 1.29 is 13.5 Å². The Balaban J connectivity index is 2.85. The molecule has 0 bridgehead atoms. The molecule has 1 aromatic rings. The maximum absolute atomic E-state index is 13.9. The summed E-state index contributed by atoms with van der Waals surface area (Å²) in [4.78, 5) is 0. The molecule has 0 radical (unpaired) electrons. The fraction of sp³-hybridized carbons (Fsp3) is 0.625. The second-order valence-electron chi connectivity index (χ2n) is 5.41. The summed E-state index contributed by atoms with van der Waals surface area (Å²) in [6.07, 6.45) is 3.16. The van der Waals surface area contributed by atoms with Crippen molar-refractivity contribution in [3.8, 4) is 5.75 Å². The maximum atomic E-state index is 13.9. The van der Waals surface area contributed by atoms with Crippen LogP contribution in [-0.2, 0) is 0 Å². The van der Waals surface area contributed by atoms with Gasteiger partial charge in [0.25, 0.3) is 0 Å². The van der Waals surface area contributed by atoms with E-state index in [-0.39, 0.29) is 11.9 Å². The lowest BCUT2D eigenvalue weighted by Crippen LogP contribution is -2.22. The van der Waals surface area contributed by atoms with E-state index in [4.69, 9.17) is 4.74 Å². The number of ether oxygens (including phenoxy) is 1. The van der Waals surface area contributed by atoms with Gasteiger partial charge in [0, 0.05) is 0 Å². The molecule has 1 aromatic carbocycles. The highest BCUT2D eigenvalue weighted by molar-refractivity contribution is 5.38. The van der Waals surface area contributed by atoms with Crippen LogP contribution < -0.4 is 4.74 Å². The molecule has 108 valence electrons. The lowest BCUT2D eigenvalue weighted by molar-refractivity contribution is 0.144. The average molecular weight is 270 g/mol. The van der Waals surface area contributed by atoms with E-state index in [2.05, 4.69) is 13.8 Å². The molecule has 0 aliphatic heterocycles. The molecule has 3 heteroatoms. The van der Waals surface area contributed by atoms with Crippen LogP contribution in [0.25, 0.3) is 0 Å². The predicted molar refractivity (Wildman–Crippen MR) is 74.6 cm³/mol. The molecular formula is C16H24F2O. The molecule has 0 aromatic heterocycles. The second-order valence-corrected chi connectivity index (χ2v) is 5.41. The van der Waals surface area contributed by atoms with Crippen molar-refractivity contribution in [2.24, 2.45) is 5.92 Å². The van der Waals surface area contributed by atoms with Crippen LogP contribution >= 0.6 is 0 Å². The van der Waals surface area contributed by atoms with Crippen LogP contribution in [0.4, 0.5) is 8.78 Å². The summed E-state index contributed by atoms with van der Waals surface area (Å²) < 4.78 is 33.1. The van der Waals surface area contributed by atoms with Gasteiger partial charge in [-0.1, -0.05) is 26.7 Å². The van der Waals surface area contributed by atoms with Gasteiger partial charge in [0.1, 0.15) is 0 Å². The van der Waals surface area contributed by atoms with Crippen molar-refractivity contribution in [3.63, 3.8) is 0 Å². The Hall–Kier alpha value is -1.12. The van der Waals surface area contributed by atoms with E-state index in [0.29, 0.717) is 17.0 Å². The second kappa shape index (κ2) is 6.88. The van der Waals surface area contributed by atoms with Crippen LogP contribution in [0, 0.1) is 31.4 Å². The third-order valence-corrected chi connectivity index (χ3v) is 3.65. The Morgan fingerprint density at radius 3 is 2.32 bits per heavy atom. The highest BCUT2D eigenvalue weighted by Gasteiger charge is 2.20. The van der Waals surface area contributed by atoms with E-state index in [9.17, 15) is 8.78 Å². The van der Waals surface area contributed by atoms with Gasteiger partial charge >= 0.3 is 0 Å². The molecule has 0 amide bonds. The average Bonchev–Trinajstić information content (AvgIpc) is 2.38. The molecule has 0 spiro atoms. The van der Waals surface area contributed by atoms with Crippen molar-refractivity contribution in [1.82, 2.24) is 0 Å². The summed E-state index contributed by atoms with van der Waals surface area (Å²) in [5, 5.41) is 0. The van der Waals surface area contributed by atoms with E-state index in [1.807, 2.05) is 6.92 Å². The highest BCUT2D eigenvalue weighted by atomic mass is 19.2. The van der Waals surface area contributed by atoms with Gasteiger partial charge in [0.15, 0.2) is 11.6 Å². The van der Waals surface area contributed by atoms with Gasteiger partial charge in [-0.15, -0.1) is 0 Å². The normalized spacial score (nSPS) is 14.3. The number of hydrogen-bond acceptors (Lipinski definition) is 1. The summed E-state index contributed by atoms with van der Waals surface area (Å²) >= 11 is 0. The molecule has 0 saturated carbocycles. The van der Waals surface area contributed by atoms with E-state index in [0.717, 1.165) is 19.3 Å². The minimum atomic E-state index is -0.868. The van der Waals surface area contributed by atoms with E-state index in [1.54, 1.807) is 19.9 Å². The predicted octanol–water partition coefficient (Wildman–Crippen LogP) is 5.18. The summed E-state index contributed by atoms with van der Waals surface area (Å²) in [6.45, 7) is 9.43. The zero-order chi connectivity index (χ0) is 14.6. The van der Waals surface area contributed by atoms with Gasteiger partial charge in [0.2, 0.25) is 5.82 Å². The maximum Gasteiger partial charge on any atom is 0.201 e. The molecular weight excluding hydrogens is 246 g/mol. The third-order valence-electron chi connectivity index (χ3n) is 3.65. The van der Waals surface area contributed by atoms with Gasteiger partial charge in [-0.2, -0.15) is 4.39 Å². The lowest BCUT2D eigenvalue weighted by Gasteiger charge is -2.23. The van der Waals surface area contributed by atoms with Crippen LogP contribution in [0.3, 0.4) is 0 Å². The van der Waals surface area contributed by atoms with Crippen molar-refractivity contribution >= 4 is 0 Å². The first-order chi connectivity index (χ1) is 8.88. The molecule has 0 heterocycles. The van der Waals surface area contributed by atoms with Crippen molar-refractivity contribution in [2.45, 2.75) is 60.0 Å². The van der Waals surface area contributed by atoms with Gasteiger partial charge in [-0.05, 0) is 50.3 Å². The molecule has 2 unspecified atom stereocenters. The molecule has 1 nitrogen and oxygen atoms in total. The first-order valence-electron chi connectivity index (χ1n) is 7.00. The van der Waals surface area contributed by atoms with Crippen molar-refractivity contribution in [3.05, 3.63) is 28.8 Å². The Bertz CT molecular complexity index is 429. The summed E-state index contributed by atoms with van der Waals surface area (Å²) in [5.41, 5.74) is 0.958. The molecule has 0 fully saturated rings. The number of benzene rings is 1. The monoisotopic (exact) mass is 270 g/mol. The first kappa shape index (κ1) is 15.9. The van der Waals surface area contributed by atoms with Crippen LogP contribution in [0.15, 0.2) is 6.07 Å². The van der Waals surface area contributed by atoms with Crippen molar-refractivity contribution in [2.75, 3.05) is 0 Å². The number of aryl methyl sites for hydroxylation is 2. The third kappa shape index (κ3) is 3.92. The summed E-state index contributed by atoms with van der Waals surface area (Å²) in [7, 11) is 0. The van der Waals surface area contributed by atoms with Crippen molar-refractivity contribution in [1.29, 1.82) is 0 Å². The highest BCUT2D eigenvalue weighted by Crippen LogP contribution is 2.29. The quantitative estimate of drug-likeness (QED) is 0.692. The van der Waals surface area contributed by atoms with Crippen LogP contribution in [0.1, 0.15) is 51.2 Å². The van der Waals surface area contributed by atoms with Gasteiger partial charge in [-0.25, -0.2) is 4.39 Å². The number of halogens is 2. The topological polar surface area (TPSA) is 9.23 Å². The van der Waals surface area contributed by atoms with E-state index in [1.165, 1.54) is 0 Å².